The molecule has 10 heteroatoms. The molecule has 1 saturated heterocycles. The summed E-state index contributed by atoms with van der Waals surface area (Å²) in [7, 11) is 0. The molecule has 6 rings (SSSR count). The first kappa shape index (κ1) is 21.0. The van der Waals surface area contributed by atoms with Crippen LogP contribution < -0.4 is 4.87 Å². The van der Waals surface area contributed by atoms with Crippen molar-refractivity contribution in [3.8, 4) is 5.75 Å². The number of fused-ring (bicyclic) bond motifs is 9. The second-order valence-corrected chi connectivity index (χ2v) is 11.6. The van der Waals surface area contributed by atoms with Gasteiger partial charge in [0.25, 0.3) is 0 Å². The molecule has 0 radical (unpaired) electrons. The van der Waals surface area contributed by atoms with Crippen molar-refractivity contribution in [2.24, 2.45) is 29.6 Å². The van der Waals surface area contributed by atoms with Gasteiger partial charge in [0.1, 0.15) is 5.75 Å². The molecule has 2 aliphatic carbocycles. The zero-order chi connectivity index (χ0) is 23.0. The molecular weight excluding hydrogens is 464 g/mol. The van der Waals surface area contributed by atoms with Crippen molar-refractivity contribution in [2.75, 3.05) is 6.54 Å². The fourth-order valence-corrected chi connectivity index (χ4v) is 9.63. The first-order chi connectivity index (χ1) is 15.8. The van der Waals surface area contributed by atoms with Gasteiger partial charge in [-0.15, -0.1) is 11.8 Å². The normalized spacial score (nSPS) is 33.8. The van der Waals surface area contributed by atoms with E-state index in [0.29, 0.717) is 0 Å². The predicted molar refractivity (Wildman–Crippen MR) is 120 cm³/mol. The van der Waals surface area contributed by atoms with Crippen LogP contribution in [0.1, 0.15) is 35.6 Å². The number of phenols is 1. The summed E-state index contributed by atoms with van der Waals surface area (Å²) in [5, 5.41) is 19.7. The average Bonchev–Trinajstić information content (AvgIpc) is 3.49. The minimum atomic E-state index is -0.936. The number of carbonyl (C=O) groups is 3. The van der Waals surface area contributed by atoms with Gasteiger partial charge >= 0.3 is 10.8 Å². The first-order valence-electron chi connectivity index (χ1n) is 11.1. The lowest BCUT2D eigenvalue weighted by Crippen LogP contribution is -2.42. The van der Waals surface area contributed by atoms with Gasteiger partial charge in [-0.3, -0.25) is 24.1 Å². The van der Waals surface area contributed by atoms with E-state index < -0.39 is 5.97 Å². The molecule has 4 aliphatic rings. The summed E-state index contributed by atoms with van der Waals surface area (Å²) in [4.78, 5) is 54.8. The van der Waals surface area contributed by atoms with Crippen molar-refractivity contribution in [3.63, 3.8) is 0 Å². The number of benzene rings is 1. The number of thiazole rings is 1. The van der Waals surface area contributed by atoms with E-state index >= 15 is 0 Å². The van der Waals surface area contributed by atoms with Crippen molar-refractivity contribution in [2.45, 2.75) is 35.5 Å². The van der Waals surface area contributed by atoms with E-state index in [4.69, 9.17) is 5.11 Å². The number of carboxylic acid groups (broad SMARTS) is 1. The number of thioether (sulfide) groups is 1. The van der Waals surface area contributed by atoms with Crippen molar-refractivity contribution >= 4 is 40.9 Å². The van der Waals surface area contributed by atoms with Crippen LogP contribution in [0.15, 0.2) is 34.1 Å². The molecule has 0 unspecified atom stereocenters. The van der Waals surface area contributed by atoms with E-state index in [1.165, 1.54) is 16.2 Å². The summed E-state index contributed by atoms with van der Waals surface area (Å²) in [6.07, 6.45) is 1.00. The number of aromatic amines is 1. The number of aromatic hydroxyl groups is 1. The van der Waals surface area contributed by atoms with Gasteiger partial charge in [0, 0.05) is 29.0 Å². The number of carbonyl (C=O) groups excluding carboxylic acids is 2. The van der Waals surface area contributed by atoms with Gasteiger partial charge in [-0.1, -0.05) is 23.5 Å². The number of nitrogens with zero attached hydrogens (tertiary/aromatic N) is 1. The van der Waals surface area contributed by atoms with E-state index in [1.807, 2.05) is 12.1 Å². The van der Waals surface area contributed by atoms with Gasteiger partial charge < -0.3 is 15.2 Å². The Morgan fingerprint density at radius 3 is 2.48 bits per heavy atom. The molecule has 1 aromatic heterocycles. The predicted octanol–water partition coefficient (Wildman–Crippen LogP) is 2.48. The van der Waals surface area contributed by atoms with Crippen LogP contribution in [0.3, 0.4) is 0 Å². The van der Waals surface area contributed by atoms with Gasteiger partial charge in [0.2, 0.25) is 11.8 Å². The smallest absolute Gasteiger partial charge is 0.305 e. The Morgan fingerprint density at radius 1 is 1.09 bits per heavy atom. The maximum absolute atomic E-state index is 13.3. The standard InChI is InChI=1S/C23H22N2O6S2/c26-10-5-3-9(4-6-10)14-15-11-8-12(18(15)32-20-19(14)33-23(31)24-20)17-16(11)21(29)25(22(17)30)7-1-2-13(27)28/h3-6,11-12,14-18,26H,1-2,7-8H2,(H,24,31)(H,27,28)/t11-,12+,14+,15+,16+,17+,18-/m0/s1. The Bertz CT molecular complexity index is 1220. The SMILES string of the molecule is O=C(O)CCCN1C(=O)[C@@H]2[C@H]3C[C@@H]([C@@H]4Sc5[nH]c(=O)sc5[C@H](c5ccc(O)cc5)[C@@H]34)[C@H]2C1=O. The molecular formula is C23H22N2O6S2. The molecule has 3 N–H and O–H groups in total. The van der Waals surface area contributed by atoms with Crippen LogP contribution in [0.2, 0.25) is 0 Å². The van der Waals surface area contributed by atoms with Crippen LogP contribution in [-0.2, 0) is 14.4 Å². The molecule has 2 amide bonds. The van der Waals surface area contributed by atoms with Crippen LogP contribution in [-0.4, -0.2) is 49.7 Å². The summed E-state index contributed by atoms with van der Waals surface area (Å²) in [5.74, 6) is -1.69. The lowest BCUT2D eigenvalue weighted by molar-refractivity contribution is -0.142. The number of rotatable bonds is 5. The van der Waals surface area contributed by atoms with Crippen molar-refractivity contribution in [1.82, 2.24) is 9.88 Å². The number of phenolic OH excluding ortho intramolecular Hbond substituents is 1. The molecule has 3 fully saturated rings. The van der Waals surface area contributed by atoms with Crippen molar-refractivity contribution in [3.05, 3.63) is 44.4 Å². The summed E-state index contributed by atoms with van der Waals surface area (Å²) >= 11 is 2.84. The molecule has 0 spiro atoms. The van der Waals surface area contributed by atoms with E-state index in [2.05, 4.69) is 4.98 Å². The van der Waals surface area contributed by atoms with Crippen LogP contribution in [0.5, 0.6) is 5.75 Å². The number of hydrogen-bond donors (Lipinski definition) is 3. The molecule has 2 bridgehead atoms. The van der Waals surface area contributed by atoms with Gasteiger partial charge in [-0.25, -0.2) is 0 Å². The number of H-pyrrole nitrogens is 1. The Balaban J connectivity index is 1.37. The second kappa shape index (κ2) is 7.46. The Hall–Kier alpha value is -2.59. The zero-order valence-corrected chi connectivity index (χ0v) is 19.1. The van der Waals surface area contributed by atoms with Crippen LogP contribution in [0.25, 0.3) is 0 Å². The van der Waals surface area contributed by atoms with Crippen LogP contribution in [0.4, 0.5) is 0 Å². The molecule has 33 heavy (non-hydrogen) atoms. The average molecular weight is 487 g/mol. The zero-order valence-electron chi connectivity index (χ0n) is 17.5. The van der Waals surface area contributed by atoms with E-state index in [1.54, 1.807) is 23.9 Å². The Morgan fingerprint density at radius 2 is 1.79 bits per heavy atom. The van der Waals surface area contributed by atoms with Crippen LogP contribution in [0, 0.1) is 29.6 Å². The van der Waals surface area contributed by atoms with Crippen molar-refractivity contribution < 1.29 is 24.6 Å². The molecule has 3 heterocycles. The third kappa shape index (κ3) is 3.03. The van der Waals surface area contributed by atoms with E-state index in [-0.39, 0.29) is 82.6 Å². The van der Waals surface area contributed by atoms with Crippen LogP contribution >= 0.6 is 23.1 Å². The maximum Gasteiger partial charge on any atom is 0.305 e. The molecule has 2 aromatic rings. The summed E-state index contributed by atoms with van der Waals surface area (Å²) < 4.78 is 0. The fourth-order valence-electron chi connectivity index (χ4n) is 6.74. The Labute approximate surface area is 197 Å². The fraction of sp³-hybridized carbons (Fsp3) is 0.478. The van der Waals surface area contributed by atoms with E-state index in [0.717, 1.165) is 21.9 Å². The number of nitrogens with one attached hydrogen (secondary N) is 1. The highest BCUT2D eigenvalue weighted by Gasteiger charge is 2.69. The largest absolute Gasteiger partial charge is 0.508 e. The molecule has 2 aliphatic heterocycles. The lowest BCUT2D eigenvalue weighted by atomic mass is 9.68. The maximum atomic E-state index is 13.3. The van der Waals surface area contributed by atoms with Gasteiger partial charge in [0.05, 0.1) is 16.9 Å². The number of amides is 2. The third-order valence-electron chi connectivity index (χ3n) is 7.84. The number of imide groups is 1. The highest BCUT2D eigenvalue weighted by molar-refractivity contribution is 8.00. The molecule has 7 atom stereocenters. The number of hydrogen-bond acceptors (Lipinski definition) is 7. The Kier molecular flexibility index (Phi) is 4.74. The lowest BCUT2D eigenvalue weighted by Gasteiger charge is -2.43. The first-order valence-corrected chi connectivity index (χ1v) is 12.8. The summed E-state index contributed by atoms with van der Waals surface area (Å²) in [6.45, 7) is 0.154. The highest BCUT2D eigenvalue weighted by atomic mass is 32.2. The van der Waals surface area contributed by atoms with Crippen molar-refractivity contribution in [1.29, 1.82) is 0 Å². The highest BCUT2D eigenvalue weighted by Crippen LogP contribution is 2.68. The number of aliphatic carboxylic acids is 1. The van der Waals surface area contributed by atoms with Gasteiger partial charge in [-0.2, -0.15) is 0 Å². The number of likely N-dealkylation sites (tertiary alicyclic amines) is 1. The van der Waals surface area contributed by atoms with Gasteiger partial charge in [0.15, 0.2) is 0 Å². The molecule has 1 aromatic carbocycles. The molecule has 172 valence electrons. The third-order valence-corrected chi connectivity index (χ3v) is 10.4. The molecule has 2 saturated carbocycles. The minimum absolute atomic E-state index is 0.0302. The van der Waals surface area contributed by atoms with E-state index in [9.17, 15) is 24.3 Å². The number of aromatic nitrogens is 1. The minimum Gasteiger partial charge on any atom is -0.508 e. The number of carboxylic acids is 1. The quantitative estimate of drug-likeness (QED) is 0.554. The second-order valence-electron chi connectivity index (χ2n) is 9.38. The molecule has 8 nitrogen and oxygen atoms in total. The monoisotopic (exact) mass is 486 g/mol. The summed E-state index contributed by atoms with van der Waals surface area (Å²) in [5.41, 5.74) is 0.999. The topological polar surface area (TPSA) is 128 Å². The van der Waals surface area contributed by atoms with Gasteiger partial charge in [-0.05, 0) is 48.3 Å². The summed E-state index contributed by atoms with van der Waals surface area (Å²) in [6, 6.07) is 7.05.